The van der Waals surface area contributed by atoms with Gasteiger partial charge in [-0.15, -0.1) is 0 Å². The molecular weight excluding hydrogens is 298 g/mol. The van der Waals surface area contributed by atoms with Crippen molar-refractivity contribution in [3.8, 4) is 0 Å². The molecule has 0 bridgehead atoms. The molecule has 0 aliphatic rings. The van der Waals surface area contributed by atoms with Gasteiger partial charge >= 0.3 is 12.0 Å². The monoisotopic (exact) mass is 321 g/mol. The van der Waals surface area contributed by atoms with E-state index < -0.39 is 18.0 Å². The van der Waals surface area contributed by atoms with E-state index in [9.17, 15) is 14.4 Å². The summed E-state index contributed by atoms with van der Waals surface area (Å²) >= 11 is 0. The van der Waals surface area contributed by atoms with Gasteiger partial charge in [0.15, 0.2) is 0 Å². The number of anilines is 2. The van der Waals surface area contributed by atoms with Crippen LogP contribution in [-0.2, 0) is 14.3 Å². The van der Waals surface area contributed by atoms with Gasteiger partial charge in [0.05, 0.1) is 7.11 Å². The van der Waals surface area contributed by atoms with E-state index in [4.69, 9.17) is 4.74 Å². The summed E-state index contributed by atoms with van der Waals surface area (Å²) in [4.78, 5) is 34.6. The van der Waals surface area contributed by atoms with E-state index >= 15 is 0 Å². The van der Waals surface area contributed by atoms with Crippen molar-refractivity contribution >= 4 is 29.3 Å². The zero-order valence-corrected chi connectivity index (χ0v) is 13.8. The second-order valence-corrected chi connectivity index (χ2v) is 5.56. The Kier molecular flexibility index (Phi) is 7.05. The van der Waals surface area contributed by atoms with E-state index in [1.54, 1.807) is 24.3 Å². The van der Waals surface area contributed by atoms with Crippen molar-refractivity contribution in [3.05, 3.63) is 24.3 Å². The molecule has 0 fully saturated rings. The van der Waals surface area contributed by atoms with Crippen molar-refractivity contribution in [1.29, 1.82) is 0 Å². The maximum Gasteiger partial charge on any atom is 0.328 e. The second kappa shape index (κ2) is 8.77. The number of esters is 1. The van der Waals surface area contributed by atoms with Gasteiger partial charge in [-0.1, -0.05) is 13.8 Å². The molecule has 0 saturated heterocycles. The first-order valence-corrected chi connectivity index (χ1v) is 7.34. The number of rotatable bonds is 6. The summed E-state index contributed by atoms with van der Waals surface area (Å²) in [5, 5.41) is 7.87. The molecule has 126 valence electrons. The minimum atomic E-state index is -0.696. The van der Waals surface area contributed by atoms with Gasteiger partial charge in [0.2, 0.25) is 5.91 Å². The lowest BCUT2D eigenvalue weighted by atomic mass is 10.0. The zero-order valence-electron chi connectivity index (χ0n) is 13.8. The number of ether oxygens (including phenoxy) is 1. The Balaban J connectivity index is 2.63. The van der Waals surface area contributed by atoms with Gasteiger partial charge in [-0.2, -0.15) is 0 Å². The molecule has 1 aromatic carbocycles. The average Bonchev–Trinajstić information content (AvgIpc) is 2.46. The average molecular weight is 321 g/mol. The lowest BCUT2D eigenvalue weighted by Gasteiger charge is -2.18. The molecule has 7 nitrogen and oxygen atoms in total. The number of benzene rings is 1. The van der Waals surface area contributed by atoms with Gasteiger partial charge in [-0.25, -0.2) is 9.59 Å². The molecule has 0 aromatic heterocycles. The summed E-state index contributed by atoms with van der Waals surface area (Å²) in [6.07, 6.45) is 0.488. The molecule has 3 N–H and O–H groups in total. The number of nitrogens with one attached hydrogen (secondary N) is 3. The van der Waals surface area contributed by atoms with Crippen LogP contribution in [0.3, 0.4) is 0 Å². The second-order valence-electron chi connectivity index (χ2n) is 5.56. The van der Waals surface area contributed by atoms with Gasteiger partial charge in [0, 0.05) is 18.3 Å². The Hall–Kier alpha value is -2.57. The fraction of sp³-hybridized carbons (Fsp3) is 0.438. The number of urea groups is 1. The van der Waals surface area contributed by atoms with Crippen molar-refractivity contribution in [2.24, 2.45) is 5.92 Å². The number of carbonyl (C=O) groups is 3. The van der Waals surface area contributed by atoms with Crippen LogP contribution in [0.25, 0.3) is 0 Å². The smallest absolute Gasteiger partial charge is 0.328 e. The Labute approximate surface area is 135 Å². The first-order valence-electron chi connectivity index (χ1n) is 7.34. The molecule has 0 aliphatic carbocycles. The fourth-order valence-corrected chi connectivity index (χ4v) is 1.99. The minimum Gasteiger partial charge on any atom is -0.467 e. The zero-order chi connectivity index (χ0) is 17.4. The van der Waals surface area contributed by atoms with E-state index in [0.717, 1.165) is 0 Å². The van der Waals surface area contributed by atoms with Crippen LogP contribution >= 0.6 is 0 Å². The highest BCUT2D eigenvalue weighted by Crippen LogP contribution is 2.13. The first-order chi connectivity index (χ1) is 10.8. The molecule has 0 aliphatic heterocycles. The van der Waals surface area contributed by atoms with E-state index in [1.807, 2.05) is 13.8 Å². The van der Waals surface area contributed by atoms with Crippen LogP contribution in [0.1, 0.15) is 27.2 Å². The molecule has 1 aromatic rings. The molecule has 0 saturated carbocycles. The Morgan fingerprint density at radius 1 is 1.04 bits per heavy atom. The number of hydrogen-bond acceptors (Lipinski definition) is 4. The molecule has 0 heterocycles. The van der Waals surface area contributed by atoms with Crippen molar-refractivity contribution in [2.45, 2.75) is 33.2 Å². The summed E-state index contributed by atoms with van der Waals surface area (Å²) in [5.74, 6) is -0.413. The molecule has 3 amide bonds. The maximum absolute atomic E-state index is 12.0. The number of hydrogen-bond donors (Lipinski definition) is 3. The molecular formula is C16H23N3O4. The minimum absolute atomic E-state index is 0.168. The SMILES string of the molecule is COC(=O)C(CC(C)C)NC(=O)Nc1ccc(NC(C)=O)cc1. The highest BCUT2D eigenvalue weighted by molar-refractivity contribution is 5.93. The quantitative estimate of drug-likeness (QED) is 0.701. The number of carbonyl (C=O) groups excluding carboxylic acids is 3. The van der Waals surface area contributed by atoms with E-state index in [0.29, 0.717) is 17.8 Å². The van der Waals surface area contributed by atoms with Crippen LogP contribution in [0.15, 0.2) is 24.3 Å². The molecule has 1 unspecified atom stereocenters. The summed E-state index contributed by atoms with van der Waals surface area (Å²) in [6, 6.07) is 5.46. The maximum atomic E-state index is 12.0. The van der Waals surface area contributed by atoms with Crippen LogP contribution in [0.4, 0.5) is 16.2 Å². The highest BCUT2D eigenvalue weighted by atomic mass is 16.5. The third kappa shape index (κ3) is 6.82. The summed E-state index contributed by atoms with van der Waals surface area (Å²) in [6.45, 7) is 5.33. The predicted octanol–water partition coefficient (Wildman–Crippen LogP) is 2.35. The molecule has 0 radical (unpaired) electrons. The van der Waals surface area contributed by atoms with Crippen LogP contribution in [0.5, 0.6) is 0 Å². The number of methoxy groups -OCH3 is 1. The van der Waals surface area contributed by atoms with Gasteiger partial charge in [0.1, 0.15) is 6.04 Å². The molecule has 7 heteroatoms. The lowest BCUT2D eigenvalue weighted by molar-refractivity contribution is -0.143. The van der Waals surface area contributed by atoms with Crippen LogP contribution in [0.2, 0.25) is 0 Å². The predicted molar refractivity (Wildman–Crippen MR) is 88.2 cm³/mol. The molecule has 1 rings (SSSR count). The lowest BCUT2D eigenvalue weighted by Crippen LogP contribution is -2.44. The molecule has 1 atom stereocenters. The van der Waals surface area contributed by atoms with Gasteiger partial charge in [-0.3, -0.25) is 4.79 Å². The number of amides is 3. The van der Waals surface area contributed by atoms with Crippen LogP contribution in [-0.4, -0.2) is 31.1 Å². The van der Waals surface area contributed by atoms with Crippen molar-refractivity contribution in [2.75, 3.05) is 17.7 Å². The Bertz CT molecular complexity index is 555. The molecule has 23 heavy (non-hydrogen) atoms. The van der Waals surface area contributed by atoms with Crippen LogP contribution in [0, 0.1) is 5.92 Å². The van der Waals surface area contributed by atoms with Crippen LogP contribution < -0.4 is 16.0 Å². The summed E-state index contributed by atoms with van der Waals surface area (Å²) in [7, 11) is 1.29. The third-order valence-corrected chi connectivity index (χ3v) is 2.96. The summed E-state index contributed by atoms with van der Waals surface area (Å²) < 4.78 is 4.70. The topological polar surface area (TPSA) is 96.5 Å². The fourth-order valence-electron chi connectivity index (χ4n) is 1.99. The van der Waals surface area contributed by atoms with Gasteiger partial charge in [0.25, 0.3) is 0 Å². The normalized spacial score (nSPS) is 11.5. The Morgan fingerprint density at radius 3 is 2.00 bits per heavy atom. The van der Waals surface area contributed by atoms with Crippen molar-refractivity contribution in [3.63, 3.8) is 0 Å². The van der Waals surface area contributed by atoms with Crippen molar-refractivity contribution in [1.82, 2.24) is 5.32 Å². The van der Waals surface area contributed by atoms with E-state index in [2.05, 4.69) is 16.0 Å². The van der Waals surface area contributed by atoms with E-state index in [-0.39, 0.29) is 11.8 Å². The molecule has 0 spiro atoms. The van der Waals surface area contributed by atoms with Gasteiger partial charge < -0.3 is 20.7 Å². The van der Waals surface area contributed by atoms with Gasteiger partial charge in [-0.05, 0) is 36.6 Å². The first kappa shape index (κ1) is 18.5. The van der Waals surface area contributed by atoms with E-state index in [1.165, 1.54) is 14.0 Å². The highest BCUT2D eigenvalue weighted by Gasteiger charge is 2.22. The summed E-state index contributed by atoms with van der Waals surface area (Å²) in [5.41, 5.74) is 1.18. The standard InChI is InChI=1S/C16H23N3O4/c1-10(2)9-14(15(21)23-4)19-16(22)18-13-7-5-12(6-8-13)17-11(3)20/h5-8,10,14H,9H2,1-4H3,(H,17,20)(H2,18,19,22). The van der Waals surface area contributed by atoms with Crippen molar-refractivity contribution < 1.29 is 19.1 Å². The third-order valence-electron chi connectivity index (χ3n) is 2.96. The Morgan fingerprint density at radius 2 is 1.57 bits per heavy atom. The largest absolute Gasteiger partial charge is 0.467 e.